The summed E-state index contributed by atoms with van der Waals surface area (Å²) >= 11 is 1.49. The second-order valence-electron chi connectivity index (χ2n) is 5.56. The number of allylic oxidation sites excluding steroid dienone is 1. The van der Waals surface area contributed by atoms with Gasteiger partial charge in [0.05, 0.1) is 11.3 Å². The zero-order valence-electron chi connectivity index (χ0n) is 13.6. The summed E-state index contributed by atoms with van der Waals surface area (Å²) in [5.74, 6) is 0. The van der Waals surface area contributed by atoms with Crippen molar-refractivity contribution in [2.24, 2.45) is 0 Å². The molecule has 3 aromatic rings. The van der Waals surface area contributed by atoms with Gasteiger partial charge in [0, 0.05) is 30.7 Å². The summed E-state index contributed by atoms with van der Waals surface area (Å²) in [7, 11) is 4.01. The fourth-order valence-electron chi connectivity index (χ4n) is 2.32. The molecule has 0 aliphatic rings. The Balaban J connectivity index is 1.89. The molecular formula is C20H17N3S. The van der Waals surface area contributed by atoms with E-state index in [-0.39, 0.29) is 0 Å². The van der Waals surface area contributed by atoms with Gasteiger partial charge in [0.1, 0.15) is 11.1 Å². The minimum atomic E-state index is 0.583. The van der Waals surface area contributed by atoms with Gasteiger partial charge in [-0.05, 0) is 23.8 Å². The van der Waals surface area contributed by atoms with Gasteiger partial charge >= 0.3 is 0 Å². The maximum absolute atomic E-state index is 9.50. The highest BCUT2D eigenvalue weighted by Gasteiger charge is 2.09. The summed E-state index contributed by atoms with van der Waals surface area (Å²) in [6, 6.07) is 20.4. The van der Waals surface area contributed by atoms with Crippen LogP contribution in [-0.2, 0) is 0 Å². The molecule has 0 saturated heterocycles. The molecule has 0 amide bonds. The highest BCUT2D eigenvalue weighted by atomic mass is 32.1. The standard InChI is InChI=1S/C20H17N3S/c1-23(2)18-10-8-15(9-11-18)12-17(13-21)20-22-19(14-24-20)16-6-4-3-5-7-16/h3-12,14H,1-2H3/b17-12-. The van der Waals surface area contributed by atoms with E-state index >= 15 is 0 Å². The van der Waals surface area contributed by atoms with Gasteiger partial charge in [0.15, 0.2) is 0 Å². The van der Waals surface area contributed by atoms with Gasteiger partial charge in [-0.15, -0.1) is 11.3 Å². The number of anilines is 1. The van der Waals surface area contributed by atoms with Crippen LogP contribution in [0.2, 0.25) is 0 Å². The lowest BCUT2D eigenvalue weighted by Gasteiger charge is -2.11. The lowest BCUT2D eigenvalue weighted by molar-refractivity contribution is 1.13. The Hall–Kier alpha value is -2.90. The number of benzene rings is 2. The number of rotatable bonds is 4. The largest absolute Gasteiger partial charge is 0.378 e. The lowest BCUT2D eigenvalue weighted by atomic mass is 10.1. The number of nitriles is 1. The minimum Gasteiger partial charge on any atom is -0.378 e. The monoisotopic (exact) mass is 331 g/mol. The zero-order chi connectivity index (χ0) is 16.9. The Morgan fingerprint density at radius 3 is 2.42 bits per heavy atom. The van der Waals surface area contributed by atoms with Crippen molar-refractivity contribution >= 4 is 28.7 Å². The summed E-state index contributed by atoms with van der Waals surface area (Å²) in [5, 5.41) is 12.2. The van der Waals surface area contributed by atoms with Crippen LogP contribution in [-0.4, -0.2) is 19.1 Å². The molecule has 0 unspecified atom stereocenters. The molecule has 118 valence electrons. The first-order valence-electron chi connectivity index (χ1n) is 7.58. The molecule has 1 aromatic heterocycles. The van der Waals surface area contributed by atoms with E-state index in [2.05, 4.69) is 11.1 Å². The van der Waals surface area contributed by atoms with E-state index in [4.69, 9.17) is 0 Å². The molecule has 0 radical (unpaired) electrons. The van der Waals surface area contributed by atoms with E-state index in [0.717, 1.165) is 27.5 Å². The molecule has 24 heavy (non-hydrogen) atoms. The number of nitrogens with zero attached hydrogens (tertiary/aromatic N) is 3. The SMILES string of the molecule is CN(C)c1ccc(/C=C(/C#N)c2nc(-c3ccccc3)cs2)cc1. The van der Waals surface area contributed by atoms with Crippen LogP contribution in [0.15, 0.2) is 60.0 Å². The lowest BCUT2D eigenvalue weighted by Crippen LogP contribution is -2.07. The van der Waals surface area contributed by atoms with Crippen LogP contribution in [0.5, 0.6) is 0 Å². The first-order chi connectivity index (χ1) is 11.7. The van der Waals surface area contributed by atoms with Crippen molar-refractivity contribution in [1.29, 1.82) is 5.26 Å². The number of hydrogen-bond acceptors (Lipinski definition) is 4. The predicted molar refractivity (Wildman–Crippen MR) is 102 cm³/mol. The van der Waals surface area contributed by atoms with Gasteiger partial charge < -0.3 is 4.90 Å². The highest BCUT2D eigenvalue weighted by Crippen LogP contribution is 2.27. The molecule has 0 atom stereocenters. The maximum atomic E-state index is 9.50. The van der Waals surface area contributed by atoms with E-state index in [1.54, 1.807) is 0 Å². The molecule has 0 aliphatic carbocycles. The molecule has 0 bridgehead atoms. The number of aromatic nitrogens is 1. The number of thiazole rings is 1. The zero-order valence-corrected chi connectivity index (χ0v) is 14.4. The van der Waals surface area contributed by atoms with Crippen molar-refractivity contribution in [3.05, 3.63) is 70.5 Å². The summed E-state index contributed by atoms with van der Waals surface area (Å²) in [6.07, 6.45) is 1.88. The molecule has 0 saturated carbocycles. The van der Waals surface area contributed by atoms with Crippen LogP contribution < -0.4 is 4.90 Å². The van der Waals surface area contributed by atoms with Crippen LogP contribution in [0.3, 0.4) is 0 Å². The Kier molecular flexibility index (Phi) is 4.74. The molecule has 3 nitrogen and oxygen atoms in total. The average Bonchev–Trinajstić information content (AvgIpc) is 3.11. The van der Waals surface area contributed by atoms with Crippen molar-refractivity contribution in [3.63, 3.8) is 0 Å². The van der Waals surface area contributed by atoms with Gasteiger partial charge in [-0.1, -0.05) is 42.5 Å². The first kappa shape index (κ1) is 16.0. The van der Waals surface area contributed by atoms with Gasteiger partial charge in [-0.2, -0.15) is 5.26 Å². The van der Waals surface area contributed by atoms with E-state index in [9.17, 15) is 5.26 Å². The van der Waals surface area contributed by atoms with E-state index < -0.39 is 0 Å². The highest BCUT2D eigenvalue weighted by molar-refractivity contribution is 7.11. The van der Waals surface area contributed by atoms with Crippen molar-refractivity contribution in [3.8, 4) is 17.3 Å². The van der Waals surface area contributed by atoms with Crippen molar-refractivity contribution < 1.29 is 0 Å². The Bertz CT molecular complexity index is 885. The molecular weight excluding hydrogens is 314 g/mol. The fraction of sp³-hybridized carbons (Fsp3) is 0.100. The van der Waals surface area contributed by atoms with E-state index in [0.29, 0.717) is 5.57 Å². The van der Waals surface area contributed by atoms with Crippen molar-refractivity contribution in [1.82, 2.24) is 4.98 Å². The van der Waals surface area contributed by atoms with Gasteiger partial charge in [-0.3, -0.25) is 0 Å². The average molecular weight is 331 g/mol. The fourth-order valence-corrected chi connectivity index (χ4v) is 3.11. The van der Waals surface area contributed by atoms with Crippen LogP contribution in [0, 0.1) is 11.3 Å². The predicted octanol–water partition coefficient (Wildman–Crippen LogP) is 4.94. The number of hydrogen-bond donors (Lipinski definition) is 0. The molecule has 0 N–H and O–H groups in total. The van der Waals surface area contributed by atoms with Gasteiger partial charge in [0.25, 0.3) is 0 Å². The quantitative estimate of drug-likeness (QED) is 0.636. The molecule has 0 aliphatic heterocycles. The van der Waals surface area contributed by atoms with E-state index in [1.165, 1.54) is 11.3 Å². The minimum absolute atomic E-state index is 0.583. The summed E-state index contributed by atoms with van der Waals surface area (Å²) in [4.78, 5) is 6.66. The Morgan fingerprint density at radius 2 is 1.79 bits per heavy atom. The van der Waals surface area contributed by atoms with Crippen LogP contribution >= 0.6 is 11.3 Å². The van der Waals surface area contributed by atoms with Crippen LogP contribution in [0.25, 0.3) is 22.9 Å². The second kappa shape index (κ2) is 7.12. The van der Waals surface area contributed by atoms with E-state index in [1.807, 2.05) is 85.0 Å². The van der Waals surface area contributed by atoms with Gasteiger partial charge in [0.2, 0.25) is 0 Å². The Morgan fingerprint density at radius 1 is 1.08 bits per heavy atom. The summed E-state index contributed by atoms with van der Waals surface area (Å²) in [6.45, 7) is 0. The maximum Gasteiger partial charge on any atom is 0.134 e. The smallest absolute Gasteiger partial charge is 0.134 e. The topological polar surface area (TPSA) is 39.9 Å². The third-order valence-corrected chi connectivity index (χ3v) is 4.52. The van der Waals surface area contributed by atoms with Crippen molar-refractivity contribution in [2.75, 3.05) is 19.0 Å². The Labute approximate surface area is 146 Å². The normalized spacial score (nSPS) is 11.1. The second-order valence-corrected chi connectivity index (χ2v) is 6.42. The molecule has 0 fully saturated rings. The summed E-state index contributed by atoms with van der Waals surface area (Å²) < 4.78 is 0. The van der Waals surface area contributed by atoms with Gasteiger partial charge in [-0.25, -0.2) is 4.98 Å². The van der Waals surface area contributed by atoms with Crippen molar-refractivity contribution in [2.45, 2.75) is 0 Å². The molecule has 2 aromatic carbocycles. The van der Waals surface area contributed by atoms with Crippen LogP contribution in [0.1, 0.15) is 10.6 Å². The molecule has 0 spiro atoms. The third kappa shape index (κ3) is 3.53. The first-order valence-corrected chi connectivity index (χ1v) is 8.46. The molecule has 3 rings (SSSR count). The molecule has 1 heterocycles. The summed E-state index contributed by atoms with van der Waals surface area (Å²) in [5.41, 5.74) is 4.67. The third-order valence-electron chi connectivity index (χ3n) is 3.65. The van der Waals surface area contributed by atoms with Crippen LogP contribution in [0.4, 0.5) is 5.69 Å². The molecule has 4 heteroatoms.